The summed E-state index contributed by atoms with van der Waals surface area (Å²) >= 11 is 2.94. The molecule has 0 unspecified atom stereocenters. The molecule has 0 aliphatic rings. The van der Waals surface area contributed by atoms with Crippen LogP contribution in [-0.2, 0) is 11.2 Å². The highest BCUT2D eigenvalue weighted by Gasteiger charge is 2.14. The summed E-state index contributed by atoms with van der Waals surface area (Å²) in [5.41, 5.74) is 4.76. The Labute approximate surface area is 201 Å². The van der Waals surface area contributed by atoms with Gasteiger partial charge in [-0.25, -0.2) is 4.98 Å². The molecule has 0 aliphatic carbocycles. The molecule has 1 N–H and O–H groups in total. The van der Waals surface area contributed by atoms with E-state index in [1.165, 1.54) is 17.3 Å². The number of hydrogen-bond acceptors (Lipinski definition) is 7. The second-order valence-corrected chi connectivity index (χ2v) is 9.30. The van der Waals surface area contributed by atoms with Gasteiger partial charge in [-0.2, -0.15) is 0 Å². The average Bonchev–Trinajstić information content (AvgIpc) is 3.25. The van der Waals surface area contributed by atoms with Crippen LogP contribution in [0.5, 0.6) is 5.75 Å². The van der Waals surface area contributed by atoms with Crippen LogP contribution in [0.15, 0.2) is 65.7 Å². The predicted molar refractivity (Wildman–Crippen MR) is 135 cm³/mol. The Bertz CT molecular complexity index is 1220. The summed E-state index contributed by atoms with van der Waals surface area (Å²) in [7, 11) is 1.65. The molecular weight excluding hydrogens is 452 g/mol. The number of rotatable bonds is 8. The summed E-state index contributed by atoms with van der Waals surface area (Å²) in [6.07, 6.45) is 0.975. The van der Waals surface area contributed by atoms with Crippen LogP contribution in [0, 0.1) is 6.92 Å². The van der Waals surface area contributed by atoms with Gasteiger partial charge >= 0.3 is 0 Å². The number of thiazole rings is 1. The smallest absolute Gasteiger partial charge is 0.234 e. The molecule has 0 spiro atoms. The quantitative estimate of drug-likeness (QED) is 0.320. The number of hydrogen-bond donors (Lipinski definition) is 1. The lowest BCUT2D eigenvalue weighted by atomic mass is 10.1. The van der Waals surface area contributed by atoms with Gasteiger partial charge < -0.3 is 10.1 Å². The van der Waals surface area contributed by atoms with Crippen molar-refractivity contribution in [3.63, 3.8) is 0 Å². The van der Waals surface area contributed by atoms with Gasteiger partial charge in [0.1, 0.15) is 21.5 Å². The van der Waals surface area contributed by atoms with Crippen LogP contribution in [0.2, 0.25) is 0 Å². The minimum Gasteiger partial charge on any atom is -0.497 e. The number of methoxy groups -OCH3 is 1. The number of thioether (sulfide) groups is 1. The predicted octanol–water partition coefficient (Wildman–Crippen LogP) is 5.88. The zero-order valence-electron chi connectivity index (χ0n) is 18.7. The molecule has 4 aromatic rings. The van der Waals surface area contributed by atoms with Crippen LogP contribution in [-0.4, -0.2) is 34.0 Å². The third-order valence-electron chi connectivity index (χ3n) is 5.00. The van der Waals surface area contributed by atoms with Gasteiger partial charge in [0, 0.05) is 11.3 Å². The number of nitrogens with zero attached hydrogens (tertiary/aromatic N) is 3. The Kier molecular flexibility index (Phi) is 7.36. The third-order valence-corrected chi connectivity index (χ3v) is 7.15. The SMILES string of the molecule is CCc1ccc(NC(=O)CSc2ccc(-c3sc(-c4ccc(OC)cc4)nc3C)nn2)cc1. The van der Waals surface area contributed by atoms with E-state index < -0.39 is 0 Å². The number of amides is 1. The maximum absolute atomic E-state index is 12.3. The number of benzene rings is 2. The minimum atomic E-state index is -0.0717. The van der Waals surface area contributed by atoms with Crippen molar-refractivity contribution in [1.29, 1.82) is 0 Å². The highest BCUT2D eigenvalue weighted by Crippen LogP contribution is 2.35. The van der Waals surface area contributed by atoms with Gasteiger partial charge in [-0.05, 0) is 67.4 Å². The molecular formula is C25H24N4O2S2. The Balaban J connectivity index is 1.37. The molecule has 0 saturated carbocycles. The Morgan fingerprint density at radius 3 is 2.42 bits per heavy atom. The molecule has 0 bridgehead atoms. The van der Waals surface area contributed by atoms with Crippen molar-refractivity contribution >= 4 is 34.7 Å². The molecule has 1 amide bonds. The largest absolute Gasteiger partial charge is 0.497 e. The van der Waals surface area contributed by atoms with E-state index in [1.807, 2.05) is 67.6 Å². The first-order valence-electron chi connectivity index (χ1n) is 10.5. The van der Waals surface area contributed by atoms with Gasteiger partial charge in [0.05, 0.1) is 23.4 Å². The minimum absolute atomic E-state index is 0.0717. The zero-order chi connectivity index (χ0) is 23.2. The normalized spacial score (nSPS) is 10.8. The fraction of sp³-hybridized carbons (Fsp3) is 0.200. The van der Waals surface area contributed by atoms with E-state index in [9.17, 15) is 4.79 Å². The number of carbonyl (C=O) groups is 1. The third kappa shape index (κ3) is 5.77. The van der Waals surface area contributed by atoms with Gasteiger partial charge in [-0.1, -0.05) is 30.8 Å². The standard InChI is InChI=1S/C25H24N4O2S2/c1-4-17-5-9-19(10-6-17)27-22(30)15-32-23-14-13-21(28-29-23)24-16(2)26-25(33-24)18-7-11-20(31-3)12-8-18/h5-14H,4,15H2,1-3H3,(H,27,30). The van der Waals surface area contributed by atoms with Crippen molar-refractivity contribution in [3.8, 4) is 26.9 Å². The van der Waals surface area contributed by atoms with Crippen molar-refractivity contribution in [2.45, 2.75) is 25.3 Å². The van der Waals surface area contributed by atoms with Crippen LogP contribution in [0.25, 0.3) is 21.1 Å². The molecule has 8 heteroatoms. The lowest BCUT2D eigenvalue weighted by Crippen LogP contribution is -2.14. The number of ether oxygens (including phenoxy) is 1. The average molecular weight is 477 g/mol. The summed E-state index contributed by atoms with van der Waals surface area (Å²) in [5, 5.41) is 13.2. The highest BCUT2D eigenvalue weighted by molar-refractivity contribution is 7.99. The van der Waals surface area contributed by atoms with E-state index in [1.54, 1.807) is 18.4 Å². The van der Waals surface area contributed by atoms with Gasteiger partial charge in [0.25, 0.3) is 0 Å². The van der Waals surface area contributed by atoms with Gasteiger partial charge in [-0.15, -0.1) is 21.5 Å². The maximum atomic E-state index is 12.3. The maximum Gasteiger partial charge on any atom is 0.234 e. The first-order chi connectivity index (χ1) is 16.1. The molecule has 2 heterocycles. The van der Waals surface area contributed by atoms with Crippen molar-refractivity contribution in [1.82, 2.24) is 15.2 Å². The monoisotopic (exact) mass is 476 g/mol. The highest BCUT2D eigenvalue weighted by atomic mass is 32.2. The first-order valence-corrected chi connectivity index (χ1v) is 12.3. The van der Waals surface area contributed by atoms with E-state index >= 15 is 0 Å². The molecule has 2 aromatic carbocycles. The van der Waals surface area contributed by atoms with Crippen molar-refractivity contribution in [3.05, 3.63) is 71.9 Å². The van der Waals surface area contributed by atoms with E-state index in [2.05, 4.69) is 22.4 Å². The van der Waals surface area contributed by atoms with Crippen molar-refractivity contribution < 1.29 is 9.53 Å². The van der Waals surface area contributed by atoms with E-state index in [4.69, 9.17) is 9.72 Å². The van der Waals surface area contributed by atoms with E-state index in [0.29, 0.717) is 5.03 Å². The second-order valence-electron chi connectivity index (χ2n) is 7.31. The molecule has 33 heavy (non-hydrogen) atoms. The number of aryl methyl sites for hydroxylation is 2. The number of carbonyl (C=O) groups excluding carboxylic acids is 1. The van der Waals surface area contributed by atoms with Crippen LogP contribution < -0.4 is 10.1 Å². The summed E-state index contributed by atoms with van der Waals surface area (Å²) in [6, 6.07) is 19.6. The summed E-state index contributed by atoms with van der Waals surface area (Å²) in [4.78, 5) is 17.9. The summed E-state index contributed by atoms with van der Waals surface area (Å²) in [6.45, 7) is 4.08. The molecule has 0 aliphatic heterocycles. The zero-order valence-corrected chi connectivity index (χ0v) is 20.3. The van der Waals surface area contributed by atoms with Crippen LogP contribution in [0.4, 0.5) is 5.69 Å². The Hall–Kier alpha value is -3.23. The molecule has 0 atom stereocenters. The lowest BCUT2D eigenvalue weighted by Gasteiger charge is -2.06. The molecule has 0 fully saturated rings. The van der Waals surface area contributed by atoms with Gasteiger partial charge in [0.2, 0.25) is 5.91 Å². The van der Waals surface area contributed by atoms with Crippen LogP contribution in [0.1, 0.15) is 18.2 Å². The number of aromatic nitrogens is 3. The Morgan fingerprint density at radius 2 is 1.79 bits per heavy atom. The topological polar surface area (TPSA) is 77.0 Å². The summed E-state index contributed by atoms with van der Waals surface area (Å²) < 4.78 is 5.22. The second kappa shape index (κ2) is 10.6. The molecule has 6 nitrogen and oxygen atoms in total. The van der Waals surface area contributed by atoms with Crippen LogP contribution in [0.3, 0.4) is 0 Å². The van der Waals surface area contributed by atoms with E-state index in [-0.39, 0.29) is 11.7 Å². The molecule has 4 rings (SSSR count). The summed E-state index contributed by atoms with van der Waals surface area (Å²) in [5.74, 6) is 1.01. The first kappa shape index (κ1) is 22.9. The number of nitrogens with one attached hydrogen (secondary N) is 1. The lowest BCUT2D eigenvalue weighted by molar-refractivity contribution is -0.113. The van der Waals surface area contributed by atoms with Crippen molar-refractivity contribution in [2.24, 2.45) is 0 Å². The molecule has 2 aromatic heterocycles. The van der Waals surface area contributed by atoms with Crippen molar-refractivity contribution in [2.75, 3.05) is 18.2 Å². The Morgan fingerprint density at radius 1 is 1.03 bits per heavy atom. The molecule has 168 valence electrons. The fourth-order valence-electron chi connectivity index (χ4n) is 3.17. The number of anilines is 1. The molecule has 0 radical (unpaired) electrons. The van der Waals surface area contributed by atoms with Gasteiger partial charge in [0.15, 0.2) is 0 Å². The fourth-order valence-corrected chi connectivity index (χ4v) is 4.82. The van der Waals surface area contributed by atoms with E-state index in [0.717, 1.165) is 44.7 Å². The van der Waals surface area contributed by atoms with Gasteiger partial charge in [-0.3, -0.25) is 4.79 Å². The van der Waals surface area contributed by atoms with Crippen LogP contribution >= 0.6 is 23.1 Å². The molecule has 0 saturated heterocycles.